The second-order valence-corrected chi connectivity index (χ2v) is 9.26. The van der Waals surface area contributed by atoms with Crippen molar-refractivity contribution in [3.05, 3.63) is 82.8 Å². The molecule has 0 bridgehead atoms. The largest absolute Gasteiger partial charge is 0.496 e. The van der Waals surface area contributed by atoms with E-state index in [1.54, 1.807) is 36.4 Å². The maximum atomic E-state index is 13.8. The number of amides is 2. The average Bonchev–Trinajstić information content (AvgIpc) is 3.39. The fourth-order valence-corrected chi connectivity index (χ4v) is 5.14. The third-order valence-corrected chi connectivity index (χ3v) is 6.83. The Morgan fingerprint density at radius 1 is 0.943 bits per heavy atom. The second-order valence-electron chi connectivity index (χ2n) is 8.41. The molecule has 2 fully saturated rings. The summed E-state index contributed by atoms with van der Waals surface area (Å²) in [6.45, 7) is 2.64. The molecule has 3 atom stereocenters. The Balaban J connectivity index is 1.51. The summed E-state index contributed by atoms with van der Waals surface area (Å²) in [5.41, 5.74) is 2.10. The van der Waals surface area contributed by atoms with Crippen molar-refractivity contribution in [1.29, 1.82) is 0 Å². The minimum Gasteiger partial charge on any atom is -0.496 e. The Morgan fingerprint density at radius 3 is 2.34 bits per heavy atom. The molecule has 3 aromatic rings. The van der Waals surface area contributed by atoms with Crippen molar-refractivity contribution in [2.24, 2.45) is 5.92 Å². The first kappa shape index (κ1) is 23.4. The molecule has 2 saturated heterocycles. The summed E-state index contributed by atoms with van der Waals surface area (Å²) in [5.74, 6) is -0.00601. The molecule has 2 aliphatic heterocycles. The average molecular weight is 537 g/mol. The number of carbonyl (C=O) groups excluding carboxylic acids is 2. The van der Waals surface area contributed by atoms with Gasteiger partial charge in [-0.05, 0) is 76.4 Å². The van der Waals surface area contributed by atoms with Gasteiger partial charge in [0, 0.05) is 0 Å². The van der Waals surface area contributed by atoms with E-state index in [2.05, 4.69) is 15.9 Å². The van der Waals surface area contributed by atoms with Crippen LogP contribution in [0.15, 0.2) is 77.3 Å². The second kappa shape index (κ2) is 9.71. The molecular weight excluding hydrogens is 512 g/mol. The smallest absolute Gasteiger partial charge is 0.266 e. The Hall–Kier alpha value is -3.36. The van der Waals surface area contributed by atoms with Crippen LogP contribution in [-0.4, -0.2) is 31.6 Å². The number of anilines is 2. The molecule has 0 unspecified atom stereocenters. The van der Waals surface area contributed by atoms with Crippen LogP contribution in [0, 0.1) is 5.92 Å². The molecule has 0 saturated carbocycles. The lowest BCUT2D eigenvalue weighted by molar-refractivity contribution is -0.126. The number of hydrogen-bond donors (Lipinski definition) is 0. The van der Waals surface area contributed by atoms with E-state index in [4.69, 9.17) is 14.3 Å². The topological polar surface area (TPSA) is 68.3 Å². The molecule has 35 heavy (non-hydrogen) atoms. The molecule has 0 N–H and O–H groups in total. The van der Waals surface area contributed by atoms with Gasteiger partial charge < -0.3 is 9.47 Å². The van der Waals surface area contributed by atoms with Crippen molar-refractivity contribution < 1.29 is 23.9 Å². The number of para-hydroxylation sites is 1. The van der Waals surface area contributed by atoms with E-state index < -0.39 is 18.1 Å². The zero-order valence-corrected chi connectivity index (χ0v) is 21.0. The number of hydroxylamine groups is 1. The van der Waals surface area contributed by atoms with Crippen molar-refractivity contribution in [2.45, 2.75) is 25.5 Å². The molecule has 2 heterocycles. The van der Waals surface area contributed by atoms with Gasteiger partial charge in [0.2, 0.25) is 5.91 Å². The Morgan fingerprint density at radius 2 is 1.69 bits per heavy atom. The van der Waals surface area contributed by atoms with Crippen molar-refractivity contribution in [3.8, 4) is 11.5 Å². The van der Waals surface area contributed by atoms with Crippen LogP contribution in [0.1, 0.15) is 24.9 Å². The number of rotatable bonds is 7. The highest BCUT2D eigenvalue weighted by molar-refractivity contribution is 9.10. The van der Waals surface area contributed by atoms with E-state index in [1.807, 2.05) is 55.5 Å². The van der Waals surface area contributed by atoms with E-state index in [9.17, 15) is 9.59 Å². The van der Waals surface area contributed by atoms with Gasteiger partial charge in [0.05, 0.1) is 35.6 Å². The molecule has 0 spiro atoms. The molecule has 180 valence electrons. The van der Waals surface area contributed by atoms with E-state index in [1.165, 1.54) is 4.90 Å². The number of halogens is 1. The molecule has 2 amide bonds. The third-order valence-electron chi connectivity index (χ3n) is 6.21. The number of imide groups is 1. The minimum atomic E-state index is -0.926. The monoisotopic (exact) mass is 536 g/mol. The van der Waals surface area contributed by atoms with Crippen LogP contribution in [0.2, 0.25) is 0 Å². The molecule has 0 aromatic heterocycles. The predicted molar refractivity (Wildman–Crippen MR) is 135 cm³/mol. The lowest BCUT2D eigenvalue weighted by atomic mass is 9.90. The Bertz CT molecular complexity index is 1230. The Labute approximate surface area is 212 Å². The first-order chi connectivity index (χ1) is 17.0. The van der Waals surface area contributed by atoms with E-state index in [0.29, 0.717) is 23.8 Å². The Kier molecular flexibility index (Phi) is 6.49. The summed E-state index contributed by atoms with van der Waals surface area (Å²) < 4.78 is 11.8. The highest BCUT2D eigenvalue weighted by atomic mass is 79.9. The van der Waals surface area contributed by atoms with Gasteiger partial charge >= 0.3 is 0 Å². The lowest BCUT2D eigenvalue weighted by Gasteiger charge is -2.29. The normalized spacial score (nSPS) is 21.4. The van der Waals surface area contributed by atoms with E-state index in [0.717, 1.165) is 22.1 Å². The van der Waals surface area contributed by atoms with Crippen LogP contribution in [0.3, 0.4) is 0 Å². The van der Waals surface area contributed by atoms with Gasteiger partial charge in [-0.2, -0.15) is 0 Å². The first-order valence-corrected chi connectivity index (χ1v) is 12.3. The molecule has 0 aliphatic carbocycles. The molecule has 0 radical (unpaired) electrons. The molecule has 8 heteroatoms. The number of hydrogen-bond acceptors (Lipinski definition) is 6. The SMILES string of the molecule is CCCOc1ccc(N2C(=O)[C@@H]3[C@H](ON(c4ccccc4)[C@@H]3c3ccc(OC)c(Br)c3)C2=O)cc1. The zero-order valence-electron chi connectivity index (χ0n) is 19.4. The van der Waals surface area contributed by atoms with Gasteiger partial charge in [-0.25, -0.2) is 9.96 Å². The van der Waals surface area contributed by atoms with Crippen LogP contribution in [0.5, 0.6) is 11.5 Å². The fraction of sp³-hybridized carbons (Fsp3) is 0.259. The van der Waals surface area contributed by atoms with Gasteiger partial charge in [-0.15, -0.1) is 0 Å². The number of carbonyl (C=O) groups is 2. The van der Waals surface area contributed by atoms with Gasteiger partial charge in [0.25, 0.3) is 5.91 Å². The lowest BCUT2D eigenvalue weighted by Crippen LogP contribution is -2.37. The number of fused-ring (bicyclic) bond motifs is 1. The number of benzene rings is 3. The maximum Gasteiger partial charge on any atom is 0.266 e. The molecular formula is C27H25BrN2O5. The summed E-state index contributed by atoms with van der Waals surface area (Å²) in [5, 5.41) is 1.68. The minimum absolute atomic E-state index is 0.294. The summed E-state index contributed by atoms with van der Waals surface area (Å²) in [6, 6.07) is 21.6. The zero-order chi connectivity index (χ0) is 24.5. The van der Waals surface area contributed by atoms with Crippen molar-refractivity contribution in [1.82, 2.24) is 0 Å². The first-order valence-electron chi connectivity index (χ1n) is 11.5. The van der Waals surface area contributed by atoms with E-state index >= 15 is 0 Å². The summed E-state index contributed by atoms with van der Waals surface area (Å²) >= 11 is 3.54. The van der Waals surface area contributed by atoms with Crippen molar-refractivity contribution in [3.63, 3.8) is 0 Å². The molecule has 2 aliphatic rings. The highest BCUT2D eigenvalue weighted by Crippen LogP contribution is 2.48. The van der Waals surface area contributed by atoms with Crippen molar-refractivity contribution >= 4 is 39.1 Å². The standard InChI is InChI=1S/C27H25BrN2O5/c1-3-15-34-20-12-10-18(11-13-20)29-26(31)23-24(17-9-14-22(33-2)21(28)16-17)30(35-25(23)27(29)32)19-7-5-4-6-8-19/h4-14,16,23-25H,3,15H2,1-2H3/t23-,24+,25-/m0/s1. The van der Waals surface area contributed by atoms with Crippen LogP contribution in [0.4, 0.5) is 11.4 Å². The van der Waals surface area contributed by atoms with Gasteiger partial charge in [-0.3, -0.25) is 14.4 Å². The molecule has 3 aromatic carbocycles. The predicted octanol–water partition coefficient (Wildman–Crippen LogP) is 5.30. The number of methoxy groups -OCH3 is 1. The number of ether oxygens (including phenoxy) is 2. The number of nitrogens with zero attached hydrogens (tertiary/aromatic N) is 2. The maximum absolute atomic E-state index is 13.8. The summed E-state index contributed by atoms with van der Waals surface area (Å²) in [6.07, 6.45) is -0.0311. The van der Waals surface area contributed by atoms with Gasteiger partial charge in [-0.1, -0.05) is 31.2 Å². The third kappa shape index (κ3) is 4.17. The van der Waals surface area contributed by atoms with E-state index in [-0.39, 0.29) is 11.8 Å². The van der Waals surface area contributed by atoms with Crippen LogP contribution < -0.4 is 19.4 Å². The quantitative estimate of drug-likeness (QED) is 0.382. The van der Waals surface area contributed by atoms with Gasteiger partial charge in [0.15, 0.2) is 6.10 Å². The fourth-order valence-electron chi connectivity index (χ4n) is 4.58. The highest BCUT2D eigenvalue weighted by Gasteiger charge is 2.60. The summed E-state index contributed by atoms with van der Waals surface area (Å²) in [7, 11) is 1.60. The van der Waals surface area contributed by atoms with Crippen LogP contribution >= 0.6 is 15.9 Å². The summed E-state index contributed by atoms with van der Waals surface area (Å²) in [4.78, 5) is 34.6. The molecule has 7 nitrogen and oxygen atoms in total. The van der Waals surface area contributed by atoms with Crippen LogP contribution in [-0.2, 0) is 14.4 Å². The van der Waals surface area contributed by atoms with Gasteiger partial charge in [0.1, 0.15) is 17.4 Å². The van der Waals surface area contributed by atoms with Crippen molar-refractivity contribution in [2.75, 3.05) is 23.7 Å². The van der Waals surface area contributed by atoms with Crippen LogP contribution in [0.25, 0.3) is 0 Å². The molecule has 5 rings (SSSR count).